The topological polar surface area (TPSA) is 6.48 Å². The van der Waals surface area contributed by atoms with Crippen molar-refractivity contribution in [3.8, 4) is 0 Å². The SMILES string of the molecule is CC1CC2CCCC(C1)N2C.CC1CCC2CCCC(C1)N2C. The molecular weight excluding hydrogens is 280 g/mol. The van der Waals surface area contributed by atoms with Crippen LogP contribution in [0.4, 0.5) is 0 Å². The van der Waals surface area contributed by atoms with Gasteiger partial charge in [-0.05, 0) is 83.7 Å². The Morgan fingerprint density at radius 3 is 1.52 bits per heavy atom. The van der Waals surface area contributed by atoms with Crippen molar-refractivity contribution in [3.05, 3.63) is 0 Å². The summed E-state index contributed by atoms with van der Waals surface area (Å²) >= 11 is 0. The summed E-state index contributed by atoms with van der Waals surface area (Å²) in [5, 5.41) is 0. The molecular formula is C21H40N2. The predicted octanol–water partition coefficient (Wildman–Crippen LogP) is 4.93. The summed E-state index contributed by atoms with van der Waals surface area (Å²) in [7, 11) is 4.66. The molecule has 4 aliphatic rings. The molecule has 0 aromatic rings. The van der Waals surface area contributed by atoms with Gasteiger partial charge in [0, 0.05) is 24.2 Å². The molecule has 0 spiro atoms. The maximum absolute atomic E-state index is 2.66. The molecule has 0 aromatic heterocycles. The number of hydrogen-bond donors (Lipinski definition) is 0. The first-order valence-electron chi connectivity index (χ1n) is 10.5. The summed E-state index contributed by atoms with van der Waals surface area (Å²) in [6, 6.07) is 3.70. The van der Waals surface area contributed by atoms with Crippen LogP contribution >= 0.6 is 0 Å². The Morgan fingerprint density at radius 1 is 0.522 bits per heavy atom. The van der Waals surface area contributed by atoms with Gasteiger partial charge in [-0.3, -0.25) is 0 Å². The number of rotatable bonds is 0. The van der Waals surface area contributed by atoms with E-state index in [0.717, 1.165) is 36.0 Å². The van der Waals surface area contributed by atoms with Gasteiger partial charge in [0.25, 0.3) is 0 Å². The van der Waals surface area contributed by atoms with Crippen molar-refractivity contribution < 1.29 is 0 Å². The lowest BCUT2D eigenvalue weighted by Crippen LogP contribution is -2.49. The smallest absolute Gasteiger partial charge is 0.00977 e. The third kappa shape index (κ3) is 4.31. The molecule has 0 saturated carbocycles. The monoisotopic (exact) mass is 320 g/mol. The van der Waals surface area contributed by atoms with Crippen LogP contribution in [0.25, 0.3) is 0 Å². The van der Waals surface area contributed by atoms with Crippen LogP contribution < -0.4 is 0 Å². The van der Waals surface area contributed by atoms with Crippen molar-refractivity contribution in [1.82, 2.24) is 9.80 Å². The molecule has 0 amide bonds. The minimum atomic E-state index is 0.918. The van der Waals surface area contributed by atoms with Crippen LogP contribution in [0, 0.1) is 11.8 Å². The first kappa shape index (κ1) is 17.7. The van der Waals surface area contributed by atoms with Gasteiger partial charge in [0.1, 0.15) is 0 Å². The van der Waals surface area contributed by atoms with Gasteiger partial charge < -0.3 is 9.80 Å². The van der Waals surface area contributed by atoms with Crippen molar-refractivity contribution in [1.29, 1.82) is 0 Å². The van der Waals surface area contributed by atoms with E-state index < -0.39 is 0 Å². The van der Waals surface area contributed by atoms with Crippen molar-refractivity contribution in [2.24, 2.45) is 11.8 Å². The van der Waals surface area contributed by atoms with Crippen molar-refractivity contribution >= 4 is 0 Å². The summed E-state index contributed by atoms with van der Waals surface area (Å²) in [4.78, 5) is 5.29. The first-order chi connectivity index (χ1) is 11.0. The van der Waals surface area contributed by atoms with E-state index in [2.05, 4.69) is 37.7 Å². The fourth-order valence-electron chi connectivity index (χ4n) is 5.87. The Bertz CT molecular complexity index is 355. The van der Waals surface area contributed by atoms with E-state index in [4.69, 9.17) is 0 Å². The molecule has 134 valence electrons. The normalized spacial score (nSPS) is 44.9. The standard InChI is InChI=1S/C11H21N.C10H19N/c1-9-6-7-10-4-3-5-11(8-9)12(10)2;1-8-6-9-4-3-5-10(7-8)11(9)2/h9-11H,3-8H2,1-2H3;8-10H,3-7H2,1-2H3. The zero-order valence-corrected chi connectivity index (χ0v) is 16.1. The van der Waals surface area contributed by atoms with Crippen LogP contribution in [0.2, 0.25) is 0 Å². The minimum absolute atomic E-state index is 0.918. The molecule has 4 bridgehead atoms. The maximum Gasteiger partial charge on any atom is 0.00977 e. The van der Waals surface area contributed by atoms with Gasteiger partial charge in [-0.25, -0.2) is 0 Å². The van der Waals surface area contributed by atoms with Crippen molar-refractivity contribution in [3.63, 3.8) is 0 Å². The second-order valence-corrected chi connectivity index (χ2v) is 9.30. The highest BCUT2D eigenvalue weighted by Crippen LogP contribution is 2.35. The Labute approximate surface area is 145 Å². The van der Waals surface area contributed by atoms with Crippen molar-refractivity contribution in [2.75, 3.05) is 14.1 Å². The zero-order valence-electron chi connectivity index (χ0n) is 16.1. The Balaban J connectivity index is 0.000000136. The molecule has 2 heteroatoms. The molecule has 4 rings (SSSR count). The molecule has 0 aromatic carbocycles. The molecule has 2 nitrogen and oxygen atoms in total. The molecule has 4 fully saturated rings. The average Bonchev–Trinajstić information content (AvgIpc) is 2.58. The Hall–Kier alpha value is -0.0800. The maximum atomic E-state index is 2.66. The van der Waals surface area contributed by atoms with E-state index in [0.29, 0.717) is 0 Å². The molecule has 0 N–H and O–H groups in total. The molecule has 0 aliphatic carbocycles. The van der Waals surface area contributed by atoms with E-state index >= 15 is 0 Å². The van der Waals surface area contributed by atoms with Crippen LogP contribution in [-0.2, 0) is 0 Å². The molecule has 4 aliphatic heterocycles. The largest absolute Gasteiger partial charge is 0.300 e. The van der Waals surface area contributed by atoms with Crippen LogP contribution in [0.15, 0.2) is 0 Å². The molecule has 4 saturated heterocycles. The second kappa shape index (κ2) is 7.87. The summed E-state index contributed by atoms with van der Waals surface area (Å²) < 4.78 is 0. The highest BCUT2D eigenvalue weighted by molar-refractivity contribution is 4.89. The zero-order chi connectivity index (χ0) is 16.4. The van der Waals surface area contributed by atoms with Gasteiger partial charge in [-0.2, -0.15) is 0 Å². The van der Waals surface area contributed by atoms with Crippen LogP contribution in [0.1, 0.15) is 84.5 Å². The van der Waals surface area contributed by atoms with E-state index in [1.165, 1.54) is 70.6 Å². The van der Waals surface area contributed by atoms with Gasteiger partial charge in [-0.15, -0.1) is 0 Å². The highest BCUT2D eigenvalue weighted by atomic mass is 15.2. The Morgan fingerprint density at radius 2 is 0.957 bits per heavy atom. The minimum Gasteiger partial charge on any atom is -0.300 e. The lowest BCUT2D eigenvalue weighted by molar-refractivity contribution is 0.0415. The summed E-state index contributed by atoms with van der Waals surface area (Å²) in [5.74, 6) is 1.96. The molecule has 23 heavy (non-hydrogen) atoms. The third-order valence-corrected chi connectivity index (χ3v) is 7.47. The Kier molecular flexibility index (Phi) is 6.07. The number of nitrogens with zero attached hydrogens (tertiary/aromatic N) is 2. The lowest BCUT2D eigenvalue weighted by atomic mass is 9.80. The van der Waals surface area contributed by atoms with Gasteiger partial charge in [0.05, 0.1) is 0 Å². The molecule has 5 unspecified atom stereocenters. The average molecular weight is 321 g/mol. The van der Waals surface area contributed by atoms with Crippen LogP contribution in [0.3, 0.4) is 0 Å². The van der Waals surface area contributed by atoms with E-state index in [9.17, 15) is 0 Å². The van der Waals surface area contributed by atoms with E-state index in [1.807, 2.05) is 0 Å². The molecule has 4 heterocycles. The van der Waals surface area contributed by atoms with Gasteiger partial charge in [-0.1, -0.05) is 26.7 Å². The van der Waals surface area contributed by atoms with Crippen LogP contribution in [0.5, 0.6) is 0 Å². The van der Waals surface area contributed by atoms with Gasteiger partial charge in [0.2, 0.25) is 0 Å². The van der Waals surface area contributed by atoms with Crippen molar-refractivity contribution in [2.45, 2.75) is 109 Å². The van der Waals surface area contributed by atoms with Gasteiger partial charge in [0.15, 0.2) is 0 Å². The fraction of sp³-hybridized carbons (Fsp3) is 1.00. The van der Waals surface area contributed by atoms with Gasteiger partial charge >= 0.3 is 0 Å². The lowest BCUT2D eigenvalue weighted by Gasteiger charge is -2.46. The summed E-state index contributed by atoms with van der Waals surface area (Å²) in [6.45, 7) is 4.84. The predicted molar refractivity (Wildman–Crippen MR) is 99.8 cm³/mol. The third-order valence-electron chi connectivity index (χ3n) is 7.47. The first-order valence-corrected chi connectivity index (χ1v) is 10.5. The molecule has 5 atom stereocenters. The van der Waals surface area contributed by atoms with Crippen LogP contribution in [-0.4, -0.2) is 48.1 Å². The summed E-state index contributed by atoms with van der Waals surface area (Å²) in [5.41, 5.74) is 0. The van der Waals surface area contributed by atoms with E-state index in [-0.39, 0.29) is 0 Å². The number of hydrogen-bond acceptors (Lipinski definition) is 2. The number of piperidine rings is 3. The highest BCUT2D eigenvalue weighted by Gasteiger charge is 2.34. The second-order valence-electron chi connectivity index (χ2n) is 9.30. The number of fused-ring (bicyclic) bond motifs is 4. The summed E-state index contributed by atoms with van der Waals surface area (Å²) in [6.07, 6.45) is 16.1. The quantitative estimate of drug-likeness (QED) is 0.624. The van der Waals surface area contributed by atoms with E-state index in [1.54, 1.807) is 0 Å². The fourth-order valence-corrected chi connectivity index (χ4v) is 5.87. The molecule has 0 radical (unpaired) electrons.